The van der Waals surface area contributed by atoms with E-state index in [0.29, 0.717) is 14.9 Å². The summed E-state index contributed by atoms with van der Waals surface area (Å²) in [5.74, 6) is -0.502. The molecule has 0 atom stereocenters. The lowest BCUT2D eigenvalue weighted by Gasteiger charge is -2.14. The average Bonchev–Trinajstić information content (AvgIpc) is 2.93. The van der Waals surface area contributed by atoms with Gasteiger partial charge in [0.1, 0.15) is 10.9 Å². The summed E-state index contributed by atoms with van der Waals surface area (Å²) in [6.07, 6.45) is 2.79. The van der Waals surface area contributed by atoms with Crippen LogP contribution in [0.1, 0.15) is 29.2 Å². The molecule has 0 spiro atoms. The summed E-state index contributed by atoms with van der Waals surface area (Å²) in [5, 5.41) is 2.83. The van der Waals surface area contributed by atoms with E-state index in [1.165, 1.54) is 22.2 Å². The normalized spacial score (nSPS) is 15.4. The van der Waals surface area contributed by atoms with Crippen molar-refractivity contribution in [3.8, 4) is 0 Å². The number of nitrogens with zero attached hydrogens (tertiary/aromatic N) is 1. The third-order valence-corrected chi connectivity index (χ3v) is 6.03. The Kier molecular flexibility index (Phi) is 6.31. The first kappa shape index (κ1) is 20.3. The Morgan fingerprint density at radius 3 is 2.50 bits per heavy atom. The lowest BCUT2D eigenvalue weighted by atomic mass is 10.1. The van der Waals surface area contributed by atoms with Crippen molar-refractivity contribution in [2.24, 2.45) is 0 Å². The van der Waals surface area contributed by atoms with Crippen molar-refractivity contribution in [3.63, 3.8) is 0 Å². The van der Waals surface area contributed by atoms with Gasteiger partial charge in [-0.2, -0.15) is 0 Å². The predicted molar refractivity (Wildman–Crippen MR) is 120 cm³/mol. The van der Waals surface area contributed by atoms with Gasteiger partial charge in [-0.15, -0.1) is 0 Å². The van der Waals surface area contributed by atoms with E-state index in [2.05, 4.69) is 12.2 Å². The summed E-state index contributed by atoms with van der Waals surface area (Å²) < 4.78 is 0.400. The molecule has 0 aromatic heterocycles. The van der Waals surface area contributed by atoms with Gasteiger partial charge in [0.25, 0.3) is 5.91 Å². The third-order valence-electron chi connectivity index (χ3n) is 4.65. The molecule has 0 unspecified atom stereocenters. The molecular weight excluding hydrogens is 388 g/mol. The van der Waals surface area contributed by atoms with Crippen molar-refractivity contribution in [1.82, 2.24) is 4.90 Å². The van der Waals surface area contributed by atoms with Crippen molar-refractivity contribution in [1.29, 1.82) is 0 Å². The number of carbonyl (C=O) groups is 2. The largest absolute Gasteiger partial charge is 0.325 e. The highest BCUT2D eigenvalue weighted by Gasteiger charge is 2.33. The number of rotatable bonds is 5. The monoisotopic (exact) mass is 410 g/mol. The van der Waals surface area contributed by atoms with E-state index in [0.717, 1.165) is 23.1 Å². The molecule has 1 N–H and O–H groups in total. The summed E-state index contributed by atoms with van der Waals surface area (Å²) in [5.41, 5.74) is 5.16. The molecular formula is C22H22N2O2S2. The quantitative estimate of drug-likeness (QED) is 0.573. The second-order valence-electron chi connectivity index (χ2n) is 6.71. The number of carbonyl (C=O) groups excluding carboxylic acids is 2. The molecule has 2 aromatic carbocycles. The maximum absolute atomic E-state index is 12.7. The lowest BCUT2D eigenvalue weighted by Crippen LogP contribution is -2.36. The van der Waals surface area contributed by atoms with E-state index < -0.39 is 0 Å². The van der Waals surface area contributed by atoms with Crippen molar-refractivity contribution >= 4 is 51.9 Å². The molecule has 144 valence electrons. The zero-order chi connectivity index (χ0) is 20.3. The van der Waals surface area contributed by atoms with Crippen LogP contribution >= 0.6 is 24.0 Å². The Balaban J connectivity index is 1.68. The average molecular weight is 411 g/mol. The molecule has 0 saturated carbocycles. The van der Waals surface area contributed by atoms with Crippen LogP contribution in [0, 0.1) is 13.8 Å². The molecule has 2 aromatic rings. The zero-order valence-electron chi connectivity index (χ0n) is 16.1. The summed E-state index contributed by atoms with van der Waals surface area (Å²) >= 11 is 6.55. The molecule has 1 aliphatic rings. The first-order valence-corrected chi connectivity index (χ1v) is 10.3. The first-order valence-electron chi connectivity index (χ1n) is 9.09. The highest BCUT2D eigenvalue weighted by atomic mass is 32.2. The Morgan fingerprint density at radius 1 is 1.14 bits per heavy atom. The molecule has 28 heavy (non-hydrogen) atoms. The Morgan fingerprint density at radius 2 is 1.86 bits per heavy atom. The fourth-order valence-corrected chi connectivity index (χ4v) is 4.06. The van der Waals surface area contributed by atoms with Crippen molar-refractivity contribution < 1.29 is 9.59 Å². The minimum Gasteiger partial charge on any atom is -0.325 e. The fraction of sp³-hybridized carbons (Fsp3) is 0.227. The molecule has 1 saturated heterocycles. The molecule has 0 aliphatic carbocycles. The topological polar surface area (TPSA) is 49.4 Å². The van der Waals surface area contributed by atoms with Gasteiger partial charge in [0.05, 0.1) is 4.91 Å². The number of anilines is 1. The van der Waals surface area contributed by atoms with Gasteiger partial charge in [-0.1, -0.05) is 61.2 Å². The Hall–Kier alpha value is -2.44. The van der Waals surface area contributed by atoms with Gasteiger partial charge < -0.3 is 5.32 Å². The van der Waals surface area contributed by atoms with E-state index in [-0.39, 0.29) is 18.4 Å². The number of nitrogens with one attached hydrogen (secondary N) is 1. The molecule has 1 heterocycles. The summed E-state index contributed by atoms with van der Waals surface area (Å²) in [6.45, 7) is 6.01. The smallest absolute Gasteiger partial charge is 0.266 e. The third kappa shape index (κ3) is 4.69. The van der Waals surface area contributed by atoms with Crippen LogP contribution < -0.4 is 5.32 Å². The van der Waals surface area contributed by atoms with Crippen molar-refractivity contribution in [2.45, 2.75) is 27.2 Å². The van der Waals surface area contributed by atoms with E-state index >= 15 is 0 Å². The van der Waals surface area contributed by atoms with Crippen LogP contribution in [-0.4, -0.2) is 27.6 Å². The van der Waals surface area contributed by atoms with Crippen LogP contribution in [0.15, 0.2) is 47.4 Å². The van der Waals surface area contributed by atoms with Crippen LogP contribution in [0.5, 0.6) is 0 Å². The van der Waals surface area contributed by atoms with Gasteiger partial charge in [-0.05, 0) is 60.7 Å². The number of thiocarbonyl (C=S) groups is 1. The van der Waals surface area contributed by atoms with E-state index in [1.54, 1.807) is 0 Å². The SMILES string of the molecule is CCc1ccc(/C=C2\SC(=S)N(CC(=O)Nc3ccc(C)c(C)c3)C2=O)cc1. The first-order chi connectivity index (χ1) is 13.4. The summed E-state index contributed by atoms with van der Waals surface area (Å²) in [6, 6.07) is 13.8. The zero-order valence-corrected chi connectivity index (χ0v) is 17.7. The molecule has 2 amide bonds. The number of aryl methyl sites for hydroxylation is 3. The molecule has 0 radical (unpaired) electrons. The molecule has 4 nitrogen and oxygen atoms in total. The minimum atomic E-state index is -0.270. The van der Waals surface area contributed by atoms with Gasteiger partial charge in [-0.25, -0.2) is 0 Å². The van der Waals surface area contributed by atoms with Gasteiger partial charge in [0.15, 0.2) is 0 Å². The highest BCUT2D eigenvalue weighted by Crippen LogP contribution is 2.32. The second kappa shape index (κ2) is 8.71. The predicted octanol–water partition coefficient (Wildman–Crippen LogP) is 4.71. The second-order valence-corrected chi connectivity index (χ2v) is 8.39. The minimum absolute atomic E-state index is 0.0935. The summed E-state index contributed by atoms with van der Waals surface area (Å²) in [4.78, 5) is 27.0. The van der Waals surface area contributed by atoms with Gasteiger partial charge in [0, 0.05) is 5.69 Å². The highest BCUT2D eigenvalue weighted by molar-refractivity contribution is 8.26. The summed E-state index contributed by atoms with van der Waals surface area (Å²) in [7, 11) is 0. The molecule has 6 heteroatoms. The molecule has 1 fully saturated rings. The van der Waals surface area contributed by atoms with Crippen LogP contribution in [0.4, 0.5) is 5.69 Å². The Labute approximate surface area is 175 Å². The Bertz CT molecular complexity index is 965. The number of thioether (sulfide) groups is 1. The van der Waals surface area contributed by atoms with E-state index in [9.17, 15) is 9.59 Å². The number of hydrogen-bond donors (Lipinski definition) is 1. The van der Waals surface area contributed by atoms with Crippen LogP contribution in [-0.2, 0) is 16.0 Å². The van der Waals surface area contributed by atoms with E-state index in [4.69, 9.17) is 12.2 Å². The van der Waals surface area contributed by atoms with Crippen molar-refractivity contribution in [2.75, 3.05) is 11.9 Å². The number of benzene rings is 2. The van der Waals surface area contributed by atoms with Crippen LogP contribution in [0.2, 0.25) is 0 Å². The molecule has 3 rings (SSSR count). The number of hydrogen-bond acceptors (Lipinski definition) is 4. The van der Waals surface area contributed by atoms with Crippen LogP contribution in [0.3, 0.4) is 0 Å². The van der Waals surface area contributed by atoms with Crippen LogP contribution in [0.25, 0.3) is 6.08 Å². The maximum atomic E-state index is 12.7. The molecule has 1 aliphatic heterocycles. The lowest BCUT2D eigenvalue weighted by molar-refractivity contribution is -0.126. The standard InChI is InChI=1S/C22H22N2O2S2/c1-4-16-6-8-17(9-7-16)12-19-21(26)24(22(27)28-19)13-20(25)23-18-10-5-14(2)15(3)11-18/h5-12H,4,13H2,1-3H3,(H,23,25)/b19-12-. The maximum Gasteiger partial charge on any atom is 0.266 e. The molecule has 0 bridgehead atoms. The van der Waals surface area contributed by atoms with Gasteiger partial charge >= 0.3 is 0 Å². The van der Waals surface area contributed by atoms with Crippen molar-refractivity contribution in [3.05, 3.63) is 69.6 Å². The number of amides is 2. The van der Waals surface area contributed by atoms with Gasteiger partial charge in [0.2, 0.25) is 5.91 Å². The van der Waals surface area contributed by atoms with E-state index in [1.807, 2.05) is 62.4 Å². The van der Waals surface area contributed by atoms with Gasteiger partial charge in [-0.3, -0.25) is 14.5 Å². The fourth-order valence-electron chi connectivity index (χ4n) is 2.80.